The van der Waals surface area contributed by atoms with Crippen molar-refractivity contribution in [3.63, 3.8) is 0 Å². The van der Waals surface area contributed by atoms with Gasteiger partial charge in [-0.05, 0) is 32.3 Å². The average Bonchev–Trinajstić information content (AvgIpc) is 2.90. The van der Waals surface area contributed by atoms with Crippen molar-refractivity contribution in [3.05, 3.63) is 44.8 Å². The number of hydrogen-bond acceptors (Lipinski definition) is 5. The number of nitrogens with one attached hydrogen (secondary N) is 1. The Balaban J connectivity index is 1.85. The highest BCUT2D eigenvalue weighted by molar-refractivity contribution is 5.30. The predicted molar refractivity (Wildman–Crippen MR) is 81.0 cm³/mol. The first-order valence-electron chi connectivity index (χ1n) is 7.92. The van der Waals surface area contributed by atoms with Crippen LogP contribution in [0.3, 0.4) is 0 Å². The minimum absolute atomic E-state index is 0.181. The first-order chi connectivity index (χ1) is 10.9. The molecule has 2 N–H and O–H groups in total. The lowest BCUT2D eigenvalue weighted by Crippen LogP contribution is -2.37. The van der Waals surface area contributed by atoms with Gasteiger partial charge in [-0.2, -0.15) is 0 Å². The van der Waals surface area contributed by atoms with Crippen LogP contribution >= 0.6 is 0 Å². The molecule has 0 amide bonds. The lowest BCUT2D eigenvalue weighted by Gasteiger charge is -2.31. The molecule has 0 spiro atoms. The third-order valence-electron chi connectivity index (χ3n) is 4.96. The van der Waals surface area contributed by atoms with Crippen molar-refractivity contribution in [2.75, 3.05) is 0 Å². The van der Waals surface area contributed by atoms with Crippen molar-refractivity contribution in [1.29, 1.82) is 0 Å². The second kappa shape index (κ2) is 4.90. The molecule has 0 radical (unpaired) electrons. The standard InChI is InChI=1S/C16H20N2O5/c1-16(2)22-13-11-8(4-3-5-9(11)19)12(14(13)23-16)18-7-6-10(20)17-15(18)21/h4,6-7,9,11-14,19H,3,5H2,1-2H3,(H,17,20,21)/t9-,11-,12-,13-,14+/m1/s1. The van der Waals surface area contributed by atoms with Crippen LogP contribution in [0.1, 0.15) is 32.7 Å². The van der Waals surface area contributed by atoms with Crippen LogP contribution < -0.4 is 11.2 Å². The first kappa shape index (κ1) is 14.9. The Labute approximate surface area is 132 Å². The number of ether oxygens (including phenoxy) is 2. The quantitative estimate of drug-likeness (QED) is 0.726. The number of aromatic nitrogens is 2. The molecular weight excluding hydrogens is 300 g/mol. The number of hydrogen-bond donors (Lipinski definition) is 2. The highest BCUT2D eigenvalue weighted by Crippen LogP contribution is 2.52. The number of nitrogens with zero attached hydrogens (tertiary/aromatic N) is 1. The van der Waals surface area contributed by atoms with Crippen molar-refractivity contribution in [3.8, 4) is 0 Å². The molecule has 1 aromatic heterocycles. The van der Waals surface area contributed by atoms with E-state index in [0.29, 0.717) is 6.42 Å². The highest BCUT2D eigenvalue weighted by Gasteiger charge is 2.59. The fourth-order valence-corrected chi connectivity index (χ4v) is 4.18. The molecule has 5 atom stereocenters. The Morgan fingerprint density at radius 1 is 1.30 bits per heavy atom. The van der Waals surface area contributed by atoms with Crippen LogP contribution in [-0.4, -0.2) is 38.8 Å². The van der Waals surface area contributed by atoms with E-state index in [2.05, 4.69) is 11.1 Å². The number of aliphatic hydroxyl groups excluding tert-OH is 1. The maximum atomic E-state index is 12.3. The van der Waals surface area contributed by atoms with E-state index in [9.17, 15) is 14.7 Å². The maximum absolute atomic E-state index is 12.3. The molecule has 23 heavy (non-hydrogen) atoms. The zero-order valence-electron chi connectivity index (χ0n) is 13.1. The van der Waals surface area contributed by atoms with Gasteiger partial charge in [-0.15, -0.1) is 0 Å². The van der Waals surface area contributed by atoms with Gasteiger partial charge in [-0.1, -0.05) is 6.08 Å². The van der Waals surface area contributed by atoms with Crippen LogP contribution in [0.25, 0.3) is 0 Å². The molecule has 0 aromatic carbocycles. The molecule has 4 rings (SSSR count). The van der Waals surface area contributed by atoms with Gasteiger partial charge in [-0.25, -0.2) is 4.79 Å². The van der Waals surface area contributed by atoms with E-state index in [1.165, 1.54) is 16.8 Å². The van der Waals surface area contributed by atoms with Crippen molar-refractivity contribution >= 4 is 0 Å². The van der Waals surface area contributed by atoms with Gasteiger partial charge in [0.25, 0.3) is 5.56 Å². The summed E-state index contributed by atoms with van der Waals surface area (Å²) in [5, 5.41) is 10.5. The molecule has 0 unspecified atom stereocenters. The molecular formula is C16H20N2O5. The Bertz CT molecular complexity index is 777. The smallest absolute Gasteiger partial charge is 0.328 e. The zero-order chi connectivity index (χ0) is 16.4. The van der Waals surface area contributed by atoms with E-state index in [0.717, 1.165) is 12.0 Å². The molecule has 7 nitrogen and oxygen atoms in total. The lowest BCUT2D eigenvalue weighted by atomic mass is 9.85. The number of H-pyrrole nitrogens is 1. The summed E-state index contributed by atoms with van der Waals surface area (Å²) >= 11 is 0. The number of aliphatic hydroxyl groups is 1. The van der Waals surface area contributed by atoms with Crippen LogP contribution in [0.4, 0.5) is 0 Å². The van der Waals surface area contributed by atoms with Gasteiger partial charge in [0.1, 0.15) is 6.10 Å². The molecule has 7 heteroatoms. The zero-order valence-corrected chi connectivity index (χ0v) is 13.1. The van der Waals surface area contributed by atoms with Crippen LogP contribution in [0.15, 0.2) is 33.5 Å². The summed E-state index contributed by atoms with van der Waals surface area (Å²) in [6, 6.07) is 0.955. The number of allylic oxidation sites excluding steroid dienone is 1. The van der Waals surface area contributed by atoms with E-state index < -0.39 is 23.1 Å². The largest absolute Gasteiger partial charge is 0.392 e. The third-order valence-corrected chi connectivity index (χ3v) is 4.96. The van der Waals surface area contributed by atoms with Gasteiger partial charge < -0.3 is 14.6 Å². The molecule has 1 saturated heterocycles. The summed E-state index contributed by atoms with van der Waals surface area (Å²) in [6.07, 6.45) is 3.81. The molecule has 3 aliphatic rings. The summed E-state index contributed by atoms with van der Waals surface area (Å²) in [5.41, 5.74) is 0.0542. The monoisotopic (exact) mass is 320 g/mol. The Hall–Kier alpha value is -1.70. The second-order valence-electron chi connectivity index (χ2n) is 6.90. The lowest BCUT2D eigenvalue weighted by molar-refractivity contribution is -0.160. The Morgan fingerprint density at radius 3 is 2.78 bits per heavy atom. The van der Waals surface area contributed by atoms with E-state index in [1.807, 2.05) is 13.8 Å². The minimum atomic E-state index is -0.762. The SMILES string of the molecule is CC1(C)O[C@@H]2[C@H](O1)[C@@H]1C(=CCC[C@H]1O)[C@H]2n1ccc(=O)[nH]c1=O. The van der Waals surface area contributed by atoms with Gasteiger partial charge in [0.2, 0.25) is 0 Å². The van der Waals surface area contributed by atoms with E-state index in [4.69, 9.17) is 9.47 Å². The molecule has 0 bridgehead atoms. The molecule has 2 fully saturated rings. The molecule has 1 saturated carbocycles. The topological polar surface area (TPSA) is 93.5 Å². The second-order valence-corrected chi connectivity index (χ2v) is 6.90. The third kappa shape index (κ3) is 2.22. The number of fused-ring (bicyclic) bond motifs is 3. The summed E-state index contributed by atoms with van der Waals surface area (Å²) in [7, 11) is 0. The first-order valence-corrected chi connectivity index (χ1v) is 7.92. The molecule has 1 aliphatic heterocycles. The summed E-state index contributed by atoms with van der Waals surface area (Å²) in [5.74, 6) is -0.943. The van der Waals surface area contributed by atoms with Gasteiger partial charge in [0, 0.05) is 18.2 Å². The Kier molecular flexibility index (Phi) is 3.16. The summed E-state index contributed by atoms with van der Waals surface area (Å²) in [4.78, 5) is 25.9. The highest BCUT2D eigenvalue weighted by atomic mass is 16.8. The fraction of sp³-hybridized carbons (Fsp3) is 0.625. The normalized spacial score (nSPS) is 38.0. The van der Waals surface area contributed by atoms with E-state index in [-0.39, 0.29) is 24.2 Å². The van der Waals surface area contributed by atoms with Crippen LogP contribution in [0, 0.1) is 5.92 Å². The summed E-state index contributed by atoms with van der Waals surface area (Å²) < 4.78 is 13.5. The Morgan fingerprint density at radius 2 is 2.04 bits per heavy atom. The predicted octanol–water partition coefficient (Wildman–Crippen LogP) is 0.309. The average molecular weight is 320 g/mol. The molecule has 1 aromatic rings. The van der Waals surface area contributed by atoms with E-state index in [1.54, 1.807) is 0 Å². The maximum Gasteiger partial charge on any atom is 0.328 e. The fourth-order valence-electron chi connectivity index (χ4n) is 4.18. The van der Waals surface area contributed by atoms with Gasteiger partial charge in [-0.3, -0.25) is 14.3 Å². The van der Waals surface area contributed by atoms with Crippen molar-refractivity contribution < 1.29 is 14.6 Å². The molecule has 124 valence electrons. The van der Waals surface area contributed by atoms with Crippen molar-refractivity contribution in [2.24, 2.45) is 5.92 Å². The van der Waals surface area contributed by atoms with Gasteiger partial charge in [0.15, 0.2) is 5.79 Å². The van der Waals surface area contributed by atoms with Crippen molar-refractivity contribution in [1.82, 2.24) is 9.55 Å². The van der Waals surface area contributed by atoms with Crippen LogP contribution in [0.5, 0.6) is 0 Å². The van der Waals surface area contributed by atoms with Gasteiger partial charge in [0.05, 0.1) is 18.2 Å². The van der Waals surface area contributed by atoms with Crippen LogP contribution in [-0.2, 0) is 9.47 Å². The van der Waals surface area contributed by atoms with Crippen LogP contribution in [0.2, 0.25) is 0 Å². The van der Waals surface area contributed by atoms with E-state index >= 15 is 0 Å². The summed E-state index contributed by atoms with van der Waals surface area (Å²) in [6.45, 7) is 3.66. The molecule has 2 heterocycles. The molecule has 2 aliphatic carbocycles. The number of rotatable bonds is 1. The van der Waals surface area contributed by atoms with Crippen molar-refractivity contribution in [2.45, 2.75) is 56.8 Å². The van der Waals surface area contributed by atoms with Gasteiger partial charge >= 0.3 is 5.69 Å². The minimum Gasteiger partial charge on any atom is -0.392 e. The number of aromatic amines is 1.